The van der Waals surface area contributed by atoms with Gasteiger partial charge in [-0.3, -0.25) is 4.79 Å². The van der Waals surface area contributed by atoms with E-state index >= 15 is 0 Å². The molecule has 2 heterocycles. The number of nitrogens with zero attached hydrogens (tertiary/aromatic N) is 1. The Labute approximate surface area is 112 Å². The summed E-state index contributed by atoms with van der Waals surface area (Å²) in [5.74, 6) is 0.236. The van der Waals surface area contributed by atoms with Crippen LogP contribution in [0.25, 0.3) is 0 Å². The maximum absolute atomic E-state index is 12.0. The fourth-order valence-corrected chi connectivity index (χ4v) is 2.77. The van der Waals surface area contributed by atoms with Gasteiger partial charge in [-0.1, -0.05) is 13.0 Å². The third-order valence-electron chi connectivity index (χ3n) is 3.31. The van der Waals surface area contributed by atoms with Gasteiger partial charge in [0.25, 0.3) is 0 Å². The zero-order chi connectivity index (χ0) is 11.6. The van der Waals surface area contributed by atoms with E-state index in [4.69, 9.17) is 5.73 Å². The van der Waals surface area contributed by atoms with Crippen molar-refractivity contribution in [2.45, 2.75) is 19.8 Å². The van der Waals surface area contributed by atoms with Gasteiger partial charge in [-0.2, -0.15) is 0 Å². The van der Waals surface area contributed by atoms with Gasteiger partial charge in [0.15, 0.2) is 0 Å². The number of likely N-dealkylation sites (tertiary alicyclic amines) is 1. The van der Waals surface area contributed by atoms with Crippen molar-refractivity contribution in [3.05, 3.63) is 22.4 Å². The second kappa shape index (κ2) is 5.85. The lowest BCUT2D eigenvalue weighted by atomic mass is 9.90. The van der Waals surface area contributed by atoms with E-state index in [1.807, 2.05) is 22.4 Å². The summed E-state index contributed by atoms with van der Waals surface area (Å²) >= 11 is 1.64. The number of carbonyl (C=O) groups excluding carboxylic acids is 1. The number of carbonyl (C=O) groups is 1. The topological polar surface area (TPSA) is 46.3 Å². The van der Waals surface area contributed by atoms with Crippen LogP contribution in [0.3, 0.4) is 0 Å². The van der Waals surface area contributed by atoms with Crippen molar-refractivity contribution >= 4 is 29.7 Å². The van der Waals surface area contributed by atoms with Gasteiger partial charge in [-0.25, -0.2) is 0 Å². The normalized spacial score (nSPS) is 23.5. The number of hydrogen-bond donors (Lipinski definition) is 1. The molecule has 1 saturated heterocycles. The molecule has 1 aliphatic rings. The summed E-state index contributed by atoms with van der Waals surface area (Å²) in [4.78, 5) is 15.1. The van der Waals surface area contributed by atoms with Crippen molar-refractivity contribution in [1.29, 1.82) is 0 Å². The minimum absolute atomic E-state index is 0. The maximum Gasteiger partial charge on any atom is 0.227 e. The van der Waals surface area contributed by atoms with Gasteiger partial charge in [-0.05, 0) is 29.8 Å². The molecule has 17 heavy (non-hydrogen) atoms. The molecule has 0 aromatic carbocycles. The molecule has 1 aliphatic heterocycles. The smallest absolute Gasteiger partial charge is 0.227 e. The average Bonchev–Trinajstić information content (AvgIpc) is 2.88. The van der Waals surface area contributed by atoms with E-state index in [2.05, 4.69) is 6.92 Å². The Balaban J connectivity index is 0.00000144. The highest BCUT2D eigenvalue weighted by Crippen LogP contribution is 2.28. The largest absolute Gasteiger partial charge is 0.342 e. The summed E-state index contributed by atoms with van der Waals surface area (Å²) < 4.78 is 0. The summed E-state index contributed by atoms with van der Waals surface area (Å²) in [5, 5.41) is 2.01. The molecule has 0 spiro atoms. The summed E-state index contributed by atoms with van der Waals surface area (Å²) in [6.45, 7) is 4.49. The van der Waals surface area contributed by atoms with Crippen molar-refractivity contribution in [2.24, 2.45) is 11.1 Å². The second-order valence-corrected chi connectivity index (χ2v) is 5.87. The number of thiophene rings is 1. The Kier molecular flexibility index (Phi) is 4.98. The predicted octanol–water partition coefficient (Wildman–Crippen LogP) is 1.91. The Morgan fingerprint density at radius 1 is 1.65 bits per heavy atom. The fourth-order valence-electron chi connectivity index (χ4n) is 2.08. The van der Waals surface area contributed by atoms with Gasteiger partial charge in [-0.15, -0.1) is 23.7 Å². The zero-order valence-electron chi connectivity index (χ0n) is 10.0. The Hall–Kier alpha value is -0.580. The molecule has 96 valence electrons. The SMILES string of the molecule is CC1(CN)CCN(C(=O)Cc2cccs2)C1.Cl. The average molecular weight is 275 g/mol. The molecule has 0 bridgehead atoms. The molecule has 2 rings (SSSR count). The first-order valence-electron chi connectivity index (χ1n) is 5.63. The number of nitrogens with two attached hydrogens (primary N) is 1. The standard InChI is InChI=1S/C12H18N2OS.ClH/c1-12(8-13)4-5-14(9-12)11(15)7-10-3-2-6-16-10;/h2-3,6H,4-5,7-9,13H2,1H3;1H. The van der Waals surface area contributed by atoms with E-state index in [0.29, 0.717) is 13.0 Å². The first-order chi connectivity index (χ1) is 7.63. The van der Waals surface area contributed by atoms with Crippen molar-refractivity contribution in [3.8, 4) is 0 Å². The molecular weight excluding hydrogens is 256 g/mol. The number of rotatable bonds is 3. The maximum atomic E-state index is 12.0. The summed E-state index contributed by atoms with van der Waals surface area (Å²) in [6.07, 6.45) is 1.57. The van der Waals surface area contributed by atoms with E-state index in [9.17, 15) is 4.79 Å². The highest BCUT2D eigenvalue weighted by molar-refractivity contribution is 7.10. The number of hydrogen-bond acceptors (Lipinski definition) is 3. The minimum Gasteiger partial charge on any atom is -0.342 e. The molecule has 3 nitrogen and oxygen atoms in total. The molecule has 1 amide bonds. The first-order valence-corrected chi connectivity index (χ1v) is 6.51. The molecule has 5 heteroatoms. The highest BCUT2D eigenvalue weighted by atomic mass is 35.5. The number of amides is 1. The molecule has 1 aromatic heterocycles. The van der Waals surface area contributed by atoms with Gasteiger partial charge in [0.2, 0.25) is 5.91 Å². The Morgan fingerprint density at radius 3 is 2.94 bits per heavy atom. The fraction of sp³-hybridized carbons (Fsp3) is 0.583. The third kappa shape index (κ3) is 3.44. The van der Waals surface area contributed by atoms with Crippen LogP contribution in [-0.2, 0) is 11.2 Å². The quantitative estimate of drug-likeness (QED) is 0.915. The molecule has 0 aliphatic carbocycles. The van der Waals surface area contributed by atoms with Crippen LogP contribution in [0.1, 0.15) is 18.2 Å². The van der Waals surface area contributed by atoms with Crippen molar-refractivity contribution in [1.82, 2.24) is 4.90 Å². The lowest BCUT2D eigenvalue weighted by molar-refractivity contribution is -0.129. The van der Waals surface area contributed by atoms with Gasteiger partial charge >= 0.3 is 0 Å². The highest BCUT2D eigenvalue weighted by Gasteiger charge is 2.34. The van der Waals surface area contributed by atoms with Crippen LogP contribution in [0, 0.1) is 5.41 Å². The Morgan fingerprint density at radius 2 is 2.41 bits per heavy atom. The third-order valence-corrected chi connectivity index (χ3v) is 4.19. The van der Waals surface area contributed by atoms with Gasteiger partial charge in [0.1, 0.15) is 0 Å². The molecule has 0 radical (unpaired) electrons. The molecule has 1 atom stereocenters. The molecule has 2 N–H and O–H groups in total. The van der Waals surface area contributed by atoms with Gasteiger partial charge < -0.3 is 10.6 Å². The summed E-state index contributed by atoms with van der Waals surface area (Å²) in [5.41, 5.74) is 5.86. The monoisotopic (exact) mass is 274 g/mol. The zero-order valence-corrected chi connectivity index (χ0v) is 11.6. The molecule has 1 aromatic rings. The number of halogens is 1. The Bertz CT molecular complexity index is 369. The molecular formula is C12H19ClN2OS. The van der Waals surface area contributed by atoms with Crippen LogP contribution in [0.15, 0.2) is 17.5 Å². The van der Waals surface area contributed by atoms with Crippen LogP contribution in [0.5, 0.6) is 0 Å². The van der Waals surface area contributed by atoms with Crippen LogP contribution < -0.4 is 5.73 Å². The van der Waals surface area contributed by atoms with Crippen molar-refractivity contribution < 1.29 is 4.79 Å². The van der Waals surface area contributed by atoms with Crippen molar-refractivity contribution in [2.75, 3.05) is 19.6 Å². The first kappa shape index (κ1) is 14.5. The second-order valence-electron chi connectivity index (χ2n) is 4.84. The van der Waals surface area contributed by atoms with Crippen molar-refractivity contribution in [3.63, 3.8) is 0 Å². The predicted molar refractivity (Wildman–Crippen MR) is 73.6 cm³/mol. The molecule has 1 fully saturated rings. The van der Waals surface area contributed by atoms with E-state index in [1.165, 1.54) is 0 Å². The van der Waals surface area contributed by atoms with Crippen LogP contribution in [-0.4, -0.2) is 30.4 Å². The van der Waals surface area contributed by atoms with Crippen LogP contribution in [0.2, 0.25) is 0 Å². The van der Waals surface area contributed by atoms with Crippen LogP contribution in [0.4, 0.5) is 0 Å². The molecule has 1 unspecified atom stereocenters. The summed E-state index contributed by atoms with van der Waals surface area (Å²) in [6, 6.07) is 4.00. The van der Waals surface area contributed by atoms with Gasteiger partial charge in [0, 0.05) is 18.0 Å². The van der Waals surface area contributed by atoms with E-state index in [1.54, 1.807) is 11.3 Å². The minimum atomic E-state index is 0. The van der Waals surface area contributed by atoms with E-state index < -0.39 is 0 Å². The van der Waals surface area contributed by atoms with Gasteiger partial charge in [0.05, 0.1) is 6.42 Å². The summed E-state index contributed by atoms with van der Waals surface area (Å²) in [7, 11) is 0. The van der Waals surface area contributed by atoms with Crippen LogP contribution >= 0.6 is 23.7 Å². The van der Waals surface area contributed by atoms with E-state index in [0.717, 1.165) is 24.4 Å². The van der Waals surface area contributed by atoms with E-state index in [-0.39, 0.29) is 23.7 Å². The lowest BCUT2D eigenvalue weighted by Crippen LogP contribution is -2.35. The molecule has 0 saturated carbocycles. The lowest BCUT2D eigenvalue weighted by Gasteiger charge is -2.22.